The van der Waals surface area contributed by atoms with E-state index in [4.69, 9.17) is 5.26 Å². The predicted molar refractivity (Wildman–Crippen MR) is 64.1 cm³/mol. The second-order valence-corrected chi connectivity index (χ2v) is 4.45. The summed E-state index contributed by atoms with van der Waals surface area (Å²) in [4.78, 5) is 0. The van der Waals surface area contributed by atoms with Gasteiger partial charge in [-0.2, -0.15) is 5.26 Å². The second-order valence-electron chi connectivity index (χ2n) is 3.60. The number of benzene rings is 2. The lowest BCUT2D eigenvalue weighted by atomic mass is 10.0. The van der Waals surface area contributed by atoms with Gasteiger partial charge in [0.1, 0.15) is 11.6 Å². The first kappa shape index (κ1) is 13.6. The van der Waals surface area contributed by atoms with Crippen LogP contribution in [-0.4, -0.2) is 0 Å². The van der Waals surface area contributed by atoms with Crippen molar-refractivity contribution in [2.75, 3.05) is 0 Å². The van der Waals surface area contributed by atoms with Gasteiger partial charge in [-0.15, -0.1) is 0 Å². The lowest BCUT2D eigenvalue weighted by Crippen LogP contribution is -2.04. The summed E-state index contributed by atoms with van der Waals surface area (Å²) in [6.07, 6.45) is 0. The van der Waals surface area contributed by atoms with Gasteiger partial charge in [0.05, 0.1) is 5.56 Å². The monoisotopic (exact) mass is 329 g/mol. The molecule has 0 fully saturated rings. The van der Waals surface area contributed by atoms with Crippen molar-refractivity contribution >= 4 is 15.9 Å². The normalized spacial score (nSPS) is 10.3. The Morgan fingerprint density at radius 2 is 1.42 bits per heavy atom. The minimum atomic E-state index is -1.70. The first-order valence-electron chi connectivity index (χ1n) is 5.00. The van der Waals surface area contributed by atoms with E-state index in [1.165, 1.54) is 18.2 Å². The van der Waals surface area contributed by atoms with Gasteiger partial charge in [-0.3, -0.25) is 0 Å². The fourth-order valence-electron chi connectivity index (χ4n) is 1.63. The van der Waals surface area contributed by atoms with E-state index in [2.05, 4.69) is 15.9 Å². The molecule has 1 nitrogen and oxygen atoms in total. The van der Waals surface area contributed by atoms with Crippen LogP contribution in [0.25, 0.3) is 11.1 Å². The molecule has 2 aromatic carbocycles. The van der Waals surface area contributed by atoms with Crippen molar-refractivity contribution in [3.8, 4) is 17.2 Å². The summed E-state index contributed by atoms with van der Waals surface area (Å²) < 4.78 is 54.9. The highest BCUT2D eigenvalue weighted by Gasteiger charge is 2.26. The maximum Gasteiger partial charge on any atom is 0.180 e. The van der Waals surface area contributed by atoms with Crippen LogP contribution in [0.2, 0.25) is 0 Å². The van der Waals surface area contributed by atoms with E-state index in [0.717, 1.165) is 6.07 Å². The van der Waals surface area contributed by atoms with Gasteiger partial charge < -0.3 is 0 Å². The zero-order valence-electron chi connectivity index (χ0n) is 9.15. The van der Waals surface area contributed by atoms with E-state index >= 15 is 0 Å². The van der Waals surface area contributed by atoms with Crippen molar-refractivity contribution in [2.45, 2.75) is 0 Å². The molecule has 6 heteroatoms. The topological polar surface area (TPSA) is 23.8 Å². The average molecular weight is 330 g/mol. The van der Waals surface area contributed by atoms with Gasteiger partial charge in [-0.05, 0) is 6.07 Å². The van der Waals surface area contributed by atoms with Crippen molar-refractivity contribution in [3.05, 3.63) is 57.6 Å². The standard InChI is InChI=1S/C13H4BrF4N/c14-8-4-2-1-3-6(8)9-12(17)10(15)7(5-19)11(16)13(9)18/h1-4H. The molecule has 0 unspecified atom stereocenters. The summed E-state index contributed by atoms with van der Waals surface area (Å²) in [5, 5.41) is 8.49. The van der Waals surface area contributed by atoms with Crippen molar-refractivity contribution in [1.82, 2.24) is 0 Å². The molecule has 0 aromatic heterocycles. The number of hydrogen-bond acceptors (Lipinski definition) is 1. The molecule has 0 saturated heterocycles. The Kier molecular flexibility index (Phi) is 3.58. The summed E-state index contributed by atoms with van der Waals surface area (Å²) in [5.41, 5.74) is -2.16. The van der Waals surface area contributed by atoms with Crippen molar-refractivity contribution in [2.24, 2.45) is 0 Å². The van der Waals surface area contributed by atoms with Gasteiger partial charge in [-0.1, -0.05) is 34.1 Å². The maximum atomic E-state index is 13.8. The van der Waals surface area contributed by atoms with Gasteiger partial charge in [0.25, 0.3) is 0 Å². The Hall–Kier alpha value is -1.87. The minimum Gasteiger partial charge on any atom is -0.203 e. The lowest BCUT2D eigenvalue weighted by Gasteiger charge is -2.10. The molecule has 0 N–H and O–H groups in total. The summed E-state index contributed by atoms with van der Waals surface area (Å²) in [7, 11) is 0. The van der Waals surface area contributed by atoms with E-state index in [-0.39, 0.29) is 10.0 Å². The fourth-order valence-corrected chi connectivity index (χ4v) is 2.11. The predicted octanol–water partition coefficient (Wildman–Crippen LogP) is 4.54. The zero-order valence-corrected chi connectivity index (χ0v) is 10.7. The van der Waals surface area contributed by atoms with Gasteiger partial charge >= 0.3 is 0 Å². The molecule has 96 valence electrons. The smallest absolute Gasteiger partial charge is 0.180 e. The van der Waals surface area contributed by atoms with Crippen LogP contribution in [-0.2, 0) is 0 Å². The number of halogens is 5. The van der Waals surface area contributed by atoms with Gasteiger partial charge in [0.15, 0.2) is 23.3 Å². The molecule has 2 aromatic rings. The summed E-state index contributed by atoms with van der Waals surface area (Å²) in [6, 6.07) is 6.92. The highest BCUT2D eigenvalue weighted by atomic mass is 79.9. The van der Waals surface area contributed by atoms with E-state index in [1.807, 2.05) is 0 Å². The van der Waals surface area contributed by atoms with Crippen LogP contribution < -0.4 is 0 Å². The van der Waals surface area contributed by atoms with E-state index in [0.29, 0.717) is 0 Å². The molecule has 0 atom stereocenters. The van der Waals surface area contributed by atoms with Crippen LogP contribution >= 0.6 is 15.9 Å². The third-order valence-electron chi connectivity index (χ3n) is 2.52. The molecule has 19 heavy (non-hydrogen) atoms. The number of hydrogen-bond donors (Lipinski definition) is 0. The van der Waals surface area contributed by atoms with E-state index < -0.39 is 34.4 Å². The molecule has 0 spiro atoms. The van der Waals surface area contributed by atoms with Crippen LogP contribution in [0.4, 0.5) is 17.6 Å². The van der Waals surface area contributed by atoms with Crippen LogP contribution in [0.15, 0.2) is 28.7 Å². The molecular weight excluding hydrogens is 326 g/mol. The molecule has 0 aliphatic rings. The van der Waals surface area contributed by atoms with Crippen LogP contribution in [0.3, 0.4) is 0 Å². The minimum absolute atomic E-state index is 0.0419. The Morgan fingerprint density at radius 1 is 0.895 bits per heavy atom. The highest BCUT2D eigenvalue weighted by molar-refractivity contribution is 9.10. The van der Waals surface area contributed by atoms with Crippen LogP contribution in [0.1, 0.15) is 5.56 Å². The average Bonchev–Trinajstić information content (AvgIpc) is 2.40. The van der Waals surface area contributed by atoms with Gasteiger partial charge in [-0.25, -0.2) is 17.6 Å². The van der Waals surface area contributed by atoms with Crippen LogP contribution in [0.5, 0.6) is 0 Å². The van der Waals surface area contributed by atoms with E-state index in [1.54, 1.807) is 6.07 Å². The third-order valence-corrected chi connectivity index (χ3v) is 3.21. The number of nitriles is 1. The Balaban J connectivity index is 2.88. The first-order valence-corrected chi connectivity index (χ1v) is 5.79. The SMILES string of the molecule is N#Cc1c(F)c(F)c(-c2ccccc2Br)c(F)c1F. The Bertz CT molecular complexity index is 678. The first-order chi connectivity index (χ1) is 8.99. The molecule has 0 aliphatic carbocycles. The molecule has 0 amide bonds. The number of rotatable bonds is 1. The summed E-state index contributed by atoms with van der Waals surface area (Å²) in [5.74, 6) is -6.59. The van der Waals surface area contributed by atoms with Crippen LogP contribution in [0, 0.1) is 34.6 Å². The second kappa shape index (κ2) is 5.02. The molecular formula is C13H4BrF4N. The quantitative estimate of drug-likeness (QED) is 0.556. The molecule has 0 bridgehead atoms. The largest absolute Gasteiger partial charge is 0.203 e. The highest BCUT2D eigenvalue weighted by Crippen LogP contribution is 2.35. The van der Waals surface area contributed by atoms with E-state index in [9.17, 15) is 17.6 Å². The van der Waals surface area contributed by atoms with Crippen molar-refractivity contribution in [1.29, 1.82) is 5.26 Å². The molecule has 2 rings (SSSR count). The zero-order chi connectivity index (χ0) is 14.2. The molecule has 0 radical (unpaired) electrons. The van der Waals surface area contributed by atoms with Gasteiger partial charge in [0, 0.05) is 10.0 Å². The fraction of sp³-hybridized carbons (Fsp3) is 0. The Morgan fingerprint density at radius 3 is 1.89 bits per heavy atom. The Labute approximate surface area is 114 Å². The molecule has 0 saturated carbocycles. The molecule has 0 aliphatic heterocycles. The summed E-state index contributed by atoms with van der Waals surface area (Å²) >= 11 is 3.04. The lowest BCUT2D eigenvalue weighted by molar-refractivity contribution is 0.454. The number of nitrogens with zero attached hydrogens (tertiary/aromatic N) is 1. The van der Waals surface area contributed by atoms with Crippen molar-refractivity contribution < 1.29 is 17.6 Å². The molecule has 0 heterocycles. The maximum absolute atomic E-state index is 13.8. The van der Waals surface area contributed by atoms with Gasteiger partial charge in [0.2, 0.25) is 0 Å². The van der Waals surface area contributed by atoms with Crippen molar-refractivity contribution in [3.63, 3.8) is 0 Å². The summed E-state index contributed by atoms with van der Waals surface area (Å²) in [6.45, 7) is 0. The third kappa shape index (κ3) is 2.10.